The Balaban J connectivity index is 1.26. The topological polar surface area (TPSA) is 157 Å². The lowest BCUT2D eigenvalue weighted by atomic mass is 9.93. The molecular weight excluding hydrogens is 634 g/mol. The van der Waals surface area contributed by atoms with Crippen molar-refractivity contribution in [2.24, 2.45) is 17.8 Å². The Labute approximate surface area is 280 Å². The average Bonchev–Trinajstić information content (AvgIpc) is 3.63. The van der Waals surface area contributed by atoms with Crippen molar-refractivity contribution >= 4 is 27.7 Å². The molecule has 3 aliphatic rings. The number of carbonyl (C=O) groups excluding carboxylic acids is 3. The Hall–Kier alpha value is -4.78. The van der Waals surface area contributed by atoms with Gasteiger partial charge >= 0.3 is 0 Å². The van der Waals surface area contributed by atoms with Crippen LogP contribution in [0.3, 0.4) is 0 Å². The van der Waals surface area contributed by atoms with E-state index in [-0.39, 0.29) is 35.9 Å². The zero-order chi connectivity index (χ0) is 33.9. The Kier molecular flexibility index (Phi) is 9.49. The molecule has 1 aliphatic heterocycles. The van der Waals surface area contributed by atoms with Gasteiger partial charge in [-0.2, -0.15) is 9.97 Å². The van der Waals surface area contributed by atoms with E-state index in [0.717, 1.165) is 24.8 Å². The lowest BCUT2D eigenvalue weighted by Gasteiger charge is -2.26. The molecule has 1 aromatic heterocycles. The minimum absolute atomic E-state index is 0.0593. The van der Waals surface area contributed by atoms with Gasteiger partial charge in [-0.15, -0.1) is 0 Å². The van der Waals surface area contributed by atoms with Crippen LogP contribution in [0.2, 0.25) is 0 Å². The molecule has 2 aliphatic carbocycles. The number of carbonyl (C=O) groups is 3. The quantitative estimate of drug-likeness (QED) is 0.359. The first-order valence-electron chi connectivity index (χ1n) is 16.1. The van der Waals surface area contributed by atoms with Crippen molar-refractivity contribution in [2.45, 2.75) is 55.1 Å². The lowest BCUT2D eigenvalue weighted by molar-refractivity contribution is -0.140. The molecule has 0 spiro atoms. The summed E-state index contributed by atoms with van der Waals surface area (Å²) in [6.45, 7) is 0.541. The molecule has 12 nitrogen and oxygen atoms in total. The van der Waals surface area contributed by atoms with Crippen LogP contribution in [0.15, 0.2) is 83.8 Å². The van der Waals surface area contributed by atoms with Crippen LogP contribution in [0.25, 0.3) is 11.4 Å². The van der Waals surface area contributed by atoms with Crippen LogP contribution in [0.5, 0.6) is 11.8 Å². The van der Waals surface area contributed by atoms with Gasteiger partial charge in [0.15, 0.2) is 5.82 Å². The molecular formula is C35H39N5O7S. The number of sulfonamides is 1. The normalized spacial score (nSPS) is 26.7. The first-order valence-corrected chi connectivity index (χ1v) is 17.6. The summed E-state index contributed by atoms with van der Waals surface area (Å²) in [6.07, 6.45) is 6.26. The van der Waals surface area contributed by atoms with E-state index in [2.05, 4.69) is 20.0 Å². The summed E-state index contributed by atoms with van der Waals surface area (Å²) in [6, 6.07) is 18.5. The lowest BCUT2D eigenvalue weighted by Crippen LogP contribution is -2.54. The SMILES string of the molecule is COc1cc(OC2CC3C(=O)NC4(C(=O)NS(=O)(=O)c5ccccc5)CC4/C=C/CCCCN(C)C(=O)C3C2)nc(-c2ccccc2)n1. The van der Waals surface area contributed by atoms with Gasteiger partial charge in [-0.05, 0) is 50.7 Å². The third-order valence-electron chi connectivity index (χ3n) is 9.29. The molecule has 2 aromatic carbocycles. The standard InChI is InChI=1S/C35H39N5O7S/c1-40-18-12-4-3-9-15-24-22-35(24,34(43)39-48(44,45)26-16-10-6-11-17-26)38-32(41)27-19-25(20-28(27)33(40)42)47-30-21-29(46-2)36-31(37-30)23-13-7-5-8-14-23/h5-11,13-17,21,24-25,27-28H,3-4,12,18-20,22H2,1-2H3,(H,38,41)(H,39,43)/b15-9+. The van der Waals surface area contributed by atoms with Gasteiger partial charge in [0.2, 0.25) is 23.6 Å². The van der Waals surface area contributed by atoms with Crippen LogP contribution in [0.1, 0.15) is 38.5 Å². The number of allylic oxidation sites excluding steroid dienone is 1. The van der Waals surface area contributed by atoms with Gasteiger partial charge in [-0.3, -0.25) is 14.4 Å². The third-order valence-corrected chi connectivity index (χ3v) is 10.6. The molecule has 0 radical (unpaired) electrons. The van der Waals surface area contributed by atoms with Crippen molar-refractivity contribution in [2.75, 3.05) is 20.7 Å². The second kappa shape index (κ2) is 13.8. The van der Waals surface area contributed by atoms with E-state index in [1.54, 1.807) is 36.2 Å². The Morgan fingerprint density at radius 2 is 1.67 bits per heavy atom. The van der Waals surface area contributed by atoms with Crippen molar-refractivity contribution < 1.29 is 32.3 Å². The molecule has 0 bridgehead atoms. The molecule has 0 saturated heterocycles. The Bertz CT molecular complexity index is 1800. The molecule has 2 saturated carbocycles. The second-order valence-electron chi connectivity index (χ2n) is 12.6. The maximum Gasteiger partial charge on any atom is 0.264 e. The van der Waals surface area contributed by atoms with Gasteiger partial charge in [0, 0.05) is 25.1 Å². The van der Waals surface area contributed by atoms with Crippen LogP contribution < -0.4 is 19.5 Å². The summed E-state index contributed by atoms with van der Waals surface area (Å²) in [5.41, 5.74) is -0.703. The predicted octanol–water partition coefficient (Wildman–Crippen LogP) is 3.50. The van der Waals surface area contributed by atoms with Gasteiger partial charge in [-0.25, -0.2) is 13.1 Å². The first-order chi connectivity index (χ1) is 23.1. The number of nitrogens with one attached hydrogen (secondary N) is 2. The number of rotatable bonds is 7. The van der Waals surface area contributed by atoms with Crippen molar-refractivity contribution in [1.82, 2.24) is 24.9 Å². The highest BCUT2D eigenvalue weighted by Gasteiger charge is 2.61. The van der Waals surface area contributed by atoms with Crippen molar-refractivity contribution in [3.8, 4) is 23.1 Å². The van der Waals surface area contributed by atoms with E-state index in [1.807, 2.05) is 42.5 Å². The highest BCUT2D eigenvalue weighted by atomic mass is 32.2. The van der Waals surface area contributed by atoms with Gasteiger partial charge in [0.1, 0.15) is 11.6 Å². The Morgan fingerprint density at radius 1 is 0.979 bits per heavy atom. The van der Waals surface area contributed by atoms with Crippen LogP contribution in [-0.4, -0.2) is 73.4 Å². The number of benzene rings is 2. The minimum Gasteiger partial charge on any atom is -0.481 e. The van der Waals surface area contributed by atoms with Gasteiger partial charge in [0.25, 0.3) is 15.9 Å². The van der Waals surface area contributed by atoms with E-state index in [1.165, 1.54) is 19.2 Å². The summed E-state index contributed by atoms with van der Waals surface area (Å²) in [5, 5.41) is 2.90. The number of aromatic nitrogens is 2. The monoisotopic (exact) mass is 673 g/mol. The number of hydrogen-bond acceptors (Lipinski definition) is 9. The van der Waals surface area contributed by atoms with Crippen molar-refractivity contribution in [3.05, 3.63) is 78.9 Å². The fourth-order valence-electron chi connectivity index (χ4n) is 6.54. The zero-order valence-corrected chi connectivity index (χ0v) is 27.7. The largest absolute Gasteiger partial charge is 0.481 e. The maximum absolute atomic E-state index is 14.1. The van der Waals surface area contributed by atoms with Crippen LogP contribution in [-0.2, 0) is 24.4 Å². The smallest absolute Gasteiger partial charge is 0.264 e. The summed E-state index contributed by atoms with van der Waals surface area (Å²) < 4.78 is 40.1. The van der Waals surface area contributed by atoms with Crippen LogP contribution >= 0.6 is 0 Å². The highest BCUT2D eigenvalue weighted by molar-refractivity contribution is 7.90. The molecule has 5 atom stereocenters. The van der Waals surface area contributed by atoms with Crippen LogP contribution in [0.4, 0.5) is 0 Å². The number of amides is 3. The fraction of sp³-hybridized carbons (Fsp3) is 0.400. The number of ether oxygens (including phenoxy) is 2. The Morgan fingerprint density at radius 3 is 2.40 bits per heavy atom. The summed E-state index contributed by atoms with van der Waals surface area (Å²) in [5.74, 6) is -2.50. The van der Waals surface area contributed by atoms with Gasteiger partial charge in [-0.1, -0.05) is 60.7 Å². The number of hydrogen-bond donors (Lipinski definition) is 2. The molecule has 5 unspecified atom stereocenters. The molecule has 13 heteroatoms. The molecule has 2 N–H and O–H groups in total. The van der Waals surface area contributed by atoms with Crippen LogP contribution in [0, 0.1) is 17.8 Å². The number of methoxy groups -OCH3 is 1. The van der Waals surface area contributed by atoms with Crippen molar-refractivity contribution in [1.29, 1.82) is 0 Å². The fourth-order valence-corrected chi connectivity index (χ4v) is 7.60. The number of fused-ring (bicyclic) bond motifs is 2. The van der Waals surface area contributed by atoms with E-state index < -0.39 is 51.2 Å². The molecule has 48 heavy (non-hydrogen) atoms. The van der Waals surface area contributed by atoms with Gasteiger partial charge in [0.05, 0.1) is 29.9 Å². The maximum atomic E-state index is 14.1. The molecule has 252 valence electrons. The predicted molar refractivity (Wildman–Crippen MR) is 176 cm³/mol. The second-order valence-corrected chi connectivity index (χ2v) is 14.2. The molecule has 2 heterocycles. The summed E-state index contributed by atoms with van der Waals surface area (Å²) >= 11 is 0. The summed E-state index contributed by atoms with van der Waals surface area (Å²) in [4.78, 5) is 52.2. The van der Waals surface area contributed by atoms with Gasteiger partial charge < -0.3 is 19.7 Å². The van der Waals surface area contributed by atoms with Crippen molar-refractivity contribution in [3.63, 3.8) is 0 Å². The van der Waals surface area contributed by atoms with E-state index >= 15 is 0 Å². The molecule has 3 amide bonds. The van der Waals surface area contributed by atoms with E-state index in [0.29, 0.717) is 18.2 Å². The zero-order valence-electron chi connectivity index (χ0n) is 26.9. The number of nitrogens with zero attached hydrogens (tertiary/aromatic N) is 3. The third kappa shape index (κ3) is 7.05. The van der Waals surface area contributed by atoms with E-state index in [4.69, 9.17) is 9.47 Å². The first kappa shape index (κ1) is 33.1. The highest BCUT2D eigenvalue weighted by Crippen LogP contribution is 2.47. The summed E-state index contributed by atoms with van der Waals surface area (Å²) in [7, 11) is -0.956. The minimum atomic E-state index is -4.18. The molecule has 2 fully saturated rings. The van der Waals surface area contributed by atoms with E-state index in [9.17, 15) is 22.8 Å². The average molecular weight is 674 g/mol. The molecule has 3 aromatic rings. The molecule has 6 rings (SSSR count).